The number of esters is 2. The number of aromatic nitrogens is 4. The average molecular weight is 893 g/mol. The Hall–Kier alpha value is -7.35. The number of hydrogen-bond acceptors (Lipinski definition) is 8. The molecule has 0 unspecified atom stereocenters. The van der Waals surface area contributed by atoms with Gasteiger partial charge in [0.15, 0.2) is 0 Å². The van der Waals surface area contributed by atoms with Crippen LogP contribution in [0.3, 0.4) is 0 Å². The van der Waals surface area contributed by atoms with Gasteiger partial charge in [-0.15, -0.1) is 6.42 Å². The number of halogens is 1. The van der Waals surface area contributed by atoms with Crippen molar-refractivity contribution in [2.75, 3.05) is 14.2 Å². The van der Waals surface area contributed by atoms with Crippen molar-refractivity contribution in [3.8, 4) is 69.4 Å². The quantitative estimate of drug-likeness (QED) is 0.0703. The summed E-state index contributed by atoms with van der Waals surface area (Å²) in [5.74, 6) is 9.06. The van der Waals surface area contributed by atoms with Crippen LogP contribution in [0.4, 0.5) is 0 Å². The molecule has 4 heterocycles. The number of carbonyl (C=O) groups excluding carboxylic acids is 2. The van der Waals surface area contributed by atoms with Crippen LogP contribution in [0.15, 0.2) is 146 Å². The number of pyridine rings is 2. The third-order valence-electron chi connectivity index (χ3n) is 8.70. The van der Waals surface area contributed by atoms with E-state index in [1.54, 1.807) is 5.92 Å². The molecule has 292 valence electrons. The summed E-state index contributed by atoms with van der Waals surface area (Å²) in [5.41, 5.74) is 6.39. The second kappa shape index (κ2) is 19.7. The van der Waals surface area contributed by atoms with Gasteiger partial charge in [0.05, 0.1) is 19.8 Å². The number of para-hydroxylation sites is 4. The first-order valence-corrected chi connectivity index (χ1v) is 19.1. The maximum Gasteiger partial charge on any atom is 0.384 e. The van der Waals surface area contributed by atoms with Crippen molar-refractivity contribution >= 4 is 56.6 Å². The summed E-state index contributed by atoms with van der Waals surface area (Å²) in [6, 6.07) is 39.5. The Morgan fingerprint density at radius 2 is 1.08 bits per heavy atom. The van der Waals surface area contributed by atoms with Crippen molar-refractivity contribution < 1.29 is 28.5 Å². The molecule has 0 spiro atoms. The Labute approximate surface area is 355 Å². The molecule has 59 heavy (non-hydrogen) atoms. The molecular weight excluding hydrogens is 855 g/mol. The van der Waals surface area contributed by atoms with E-state index in [1.165, 1.54) is 17.8 Å². The number of aryl methyl sites for hydroxylation is 2. The minimum absolute atomic E-state index is 0.576. The van der Waals surface area contributed by atoms with Crippen molar-refractivity contribution in [2.24, 2.45) is 14.1 Å². The van der Waals surface area contributed by atoms with Crippen LogP contribution in [0.1, 0.15) is 5.56 Å². The van der Waals surface area contributed by atoms with Crippen LogP contribution in [-0.2, 0) is 33.2 Å². The van der Waals surface area contributed by atoms with Crippen LogP contribution in [0.2, 0.25) is 0 Å². The number of rotatable bonds is 6. The molecule has 0 radical (unpaired) electrons. The molecule has 0 saturated heterocycles. The monoisotopic (exact) mass is 892 g/mol. The summed E-state index contributed by atoms with van der Waals surface area (Å²) in [6.07, 6.45) is 12.2. The van der Waals surface area contributed by atoms with E-state index in [0.717, 1.165) is 67.3 Å². The fourth-order valence-electron chi connectivity index (χ4n) is 5.92. The summed E-state index contributed by atoms with van der Waals surface area (Å²) >= 11 is 2.35. The van der Waals surface area contributed by atoms with E-state index in [1.807, 2.05) is 151 Å². The summed E-state index contributed by atoms with van der Waals surface area (Å²) in [5, 5.41) is 2.01. The van der Waals surface area contributed by atoms with Gasteiger partial charge in [-0.1, -0.05) is 78.7 Å². The fourth-order valence-corrected chi connectivity index (χ4v) is 6.73. The summed E-state index contributed by atoms with van der Waals surface area (Å²) < 4.78 is 25.9. The third kappa shape index (κ3) is 10.3. The number of terminal acetylenes is 1. The second-order valence-corrected chi connectivity index (χ2v) is 13.8. The first-order valence-electron chi connectivity index (χ1n) is 18.0. The first-order chi connectivity index (χ1) is 28.7. The summed E-state index contributed by atoms with van der Waals surface area (Å²) in [6.45, 7) is 0. The van der Waals surface area contributed by atoms with E-state index in [4.69, 9.17) is 9.47 Å². The maximum absolute atomic E-state index is 11.4. The van der Waals surface area contributed by atoms with Gasteiger partial charge in [-0.25, -0.2) is 19.6 Å². The minimum atomic E-state index is -0.630. The number of methoxy groups -OCH3 is 2. The second-order valence-electron chi connectivity index (χ2n) is 12.6. The molecule has 8 rings (SSSR count). The molecule has 0 saturated carbocycles. The van der Waals surface area contributed by atoms with Crippen molar-refractivity contribution in [3.05, 3.63) is 155 Å². The van der Waals surface area contributed by atoms with Gasteiger partial charge in [0.1, 0.15) is 34.3 Å². The van der Waals surface area contributed by atoms with E-state index < -0.39 is 11.9 Å². The van der Waals surface area contributed by atoms with E-state index >= 15 is 0 Å². The molecule has 8 aromatic rings. The van der Waals surface area contributed by atoms with Gasteiger partial charge in [0.25, 0.3) is 0 Å². The summed E-state index contributed by atoms with van der Waals surface area (Å²) in [7, 11) is 6.46. The Balaban J connectivity index is 0.000000177. The zero-order chi connectivity index (χ0) is 41.7. The molecule has 4 aromatic carbocycles. The van der Waals surface area contributed by atoms with Crippen molar-refractivity contribution in [1.29, 1.82) is 0 Å². The smallest absolute Gasteiger partial charge is 0.384 e. The highest BCUT2D eigenvalue weighted by Gasteiger charge is 2.14. The van der Waals surface area contributed by atoms with Crippen LogP contribution in [0, 0.1) is 27.8 Å². The highest BCUT2D eigenvalue weighted by atomic mass is 127. The number of ether oxygens (including phenoxy) is 4. The van der Waals surface area contributed by atoms with Crippen LogP contribution in [0.25, 0.3) is 44.3 Å². The third-order valence-corrected chi connectivity index (χ3v) is 9.56. The molecule has 0 amide bonds. The normalized spacial score (nSPS) is 10.1. The Kier molecular flexibility index (Phi) is 13.8. The van der Waals surface area contributed by atoms with Crippen molar-refractivity contribution in [3.63, 3.8) is 0 Å². The van der Waals surface area contributed by atoms with E-state index in [2.05, 4.69) is 78.6 Å². The van der Waals surface area contributed by atoms with Crippen LogP contribution in [-0.4, -0.2) is 45.3 Å². The lowest BCUT2D eigenvalue weighted by Crippen LogP contribution is -1.94. The van der Waals surface area contributed by atoms with E-state index in [-0.39, 0.29) is 0 Å². The lowest BCUT2D eigenvalue weighted by Gasteiger charge is -2.11. The number of carbonyl (C=O) groups is 2. The molecule has 0 fully saturated rings. The number of hydrogen-bond donors (Lipinski definition) is 0. The standard InChI is InChI=1S/C24H18N2O3.C20H15IN2O.C4H4O2/c1-26-16-17(12-13-23(27)28-2)21-14-18(15-25-24(21)26)20-10-6-7-11-22(20)29-19-8-4-3-5-9-19;1-23-13-18(21)17-11-14(12-22-20(17)23)16-9-5-6-10-19(16)24-15-7-3-2-4-8-15;1-3-4(5)6-2/h3-11,14-16H,1-2H3;2-13H,1H3;1H,2H3. The average Bonchev–Trinajstić information content (AvgIpc) is 3.75. The number of benzene rings is 4. The van der Waals surface area contributed by atoms with Crippen molar-refractivity contribution in [2.45, 2.75) is 0 Å². The molecule has 11 heteroatoms. The lowest BCUT2D eigenvalue weighted by atomic mass is 10.0. The molecule has 0 atom stereocenters. The Morgan fingerprint density at radius 3 is 1.58 bits per heavy atom. The Morgan fingerprint density at radius 1 is 0.627 bits per heavy atom. The first kappa shape index (κ1) is 41.3. The SMILES string of the molecule is C#CC(=O)OC.COC(=O)C#Cc1cn(C)c2ncc(-c3ccccc3Oc3ccccc3)cc12.Cn1cc(I)c2cc(-c3ccccc3Oc3ccccc3)cnc21. The fraction of sp³-hybridized carbons (Fsp3) is 0.0833. The van der Waals surface area contributed by atoms with Gasteiger partial charge < -0.3 is 28.1 Å². The van der Waals surface area contributed by atoms with Gasteiger partial charge in [0.2, 0.25) is 0 Å². The minimum Gasteiger partial charge on any atom is -0.459 e. The van der Waals surface area contributed by atoms with Gasteiger partial charge in [0, 0.05) is 87.3 Å². The van der Waals surface area contributed by atoms with Gasteiger partial charge in [-0.05, 0) is 71.1 Å². The molecule has 4 aromatic heterocycles. The molecule has 10 nitrogen and oxygen atoms in total. The lowest BCUT2D eigenvalue weighted by molar-refractivity contribution is -0.134. The van der Waals surface area contributed by atoms with Gasteiger partial charge in [-0.3, -0.25) is 0 Å². The zero-order valence-corrected chi connectivity index (χ0v) is 34.7. The molecule has 0 N–H and O–H groups in total. The van der Waals surface area contributed by atoms with Crippen LogP contribution in [0.5, 0.6) is 23.0 Å². The molecule has 0 aliphatic rings. The highest BCUT2D eigenvalue weighted by molar-refractivity contribution is 14.1. The predicted octanol–water partition coefficient (Wildman–Crippen LogP) is 9.99. The summed E-state index contributed by atoms with van der Waals surface area (Å²) in [4.78, 5) is 30.3. The molecule has 0 aliphatic heterocycles. The van der Waals surface area contributed by atoms with E-state index in [0.29, 0.717) is 5.56 Å². The predicted molar refractivity (Wildman–Crippen MR) is 238 cm³/mol. The van der Waals surface area contributed by atoms with Gasteiger partial charge in [-0.2, -0.15) is 0 Å². The van der Waals surface area contributed by atoms with Gasteiger partial charge >= 0.3 is 11.9 Å². The molecule has 0 aliphatic carbocycles. The Bertz CT molecular complexity index is 2850. The maximum atomic E-state index is 11.4. The van der Waals surface area contributed by atoms with Crippen LogP contribution >= 0.6 is 22.6 Å². The largest absolute Gasteiger partial charge is 0.459 e. The topological polar surface area (TPSA) is 107 Å². The highest BCUT2D eigenvalue weighted by Crippen LogP contribution is 2.36. The molecule has 0 bridgehead atoms. The number of nitrogens with zero attached hydrogens (tertiary/aromatic N) is 4. The van der Waals surface area contributed by atoms with E-state index in [9.17, 15) is 9.59 Å². The molecular formula is C48H37IN4O6. The number of fused-ring (bicyclic) bond motifs is 2. The van der Waals surface area contributed by atoms with Crippen LogP contribution < -0.4 is 9.47 Å². The zero-order valence-electron chi connectivity index (χ0n) is 32.6. The van der Waals surface area contributed by atoms with Crippen molar-refractivity contribution in [1.82, 2.24) is 19.1 Å².